The highest BCUT2D eigenvalue weighted by molar-refractivity contribution is 5.92. The van der Waals surface area contributed by atoms with Gasteiger partial charge in [-0.1, -0.05) is 34.1 Å². The minimum absolute atomic E-state index is 0.0293. The van der Waals surface area contributed by atoms with E-state index in [9.17, 15) is 14.4 Å². The second kappa shape index (κ2) is 12.1. The summed E-state index contributed by atoms with van der Waals surface area (Å²) in [7, 11) is 1.52. The van der Waals surface area contributed by atoms with Crippen molar-refractivity contribution in [2.45, 2.75) is 103 Å². The van der Waals surface area contributed by atoms with Crippen LogP contribution in [0.1, 0.15) is 78.7 Å². The molecule has 3 heterocycles. The lowest BCUT2D eigenvalue weighted by molar-refractivity contribution is -0.141. The van der Waals surface area contributed by atoms with E-state index in [4.69, 9.17) is 14.2 Å². The Morgan fingerprint density at radius 3 is 2.57 bits per heavy atom. The summed E-state index contributed by atoms with van der Waals surface area (Å²) in [5, 5.41) is 3.29. The first-order valence-electron chi connectivity index (χ1n) is 15.5. The molecule has 0 radical (unpaired) electrons. The third-order valence-corrected chi connectivity index (χ3v) is 9.22. The molecule has 2 amide bonds. The van der Waals surface area contributed by atoms with Crippen LogP contribution >= 0.6 is 0 Å². The second-order valence-electron chi connectivity index (χ2n) is 13.5. The number of nitrogens with zero attached hydrogens (tertiary/aromatic N) is 2. The Bertz CT molecular complexity index is 1430. The summed E-state index contributed by atoms with van der Waals surface area (Å²) in [5.41, 5.74) is -0.600. The van der Waals surface area contributed by atoms with E-state index in [1.807, 2.05) is 27.7 Å². The molecular weight excluding hydrogens is 572 g/mol. The highest BCUT2D eigenvalue weighted by Gasteiger charge is 2.51. The van der Waals surface area contributed by atoms with Crippen molar-refractivity contribution in [3.05, 3.63) is 29.8 Å². The standard InChI is InChI=1S/C33H43F2N3O6/c1-7-22-26-17-38(27(22)18(2)39)30(40)28(32(3,4)5)37-31(41)44-25-15-20(25)10-8-9-13-33(34,35)23-14-19-11-12-21(42-6)16-24(19)36-29(23)43-26/h11-12,14,16,20,22,25-28H,7-10,13,15,17H2,1-6H3,(H,37,41)/t20-,22-,25-,26+,27-,28-/m1/s1. The van der Waals surface area contributed by atoms with Crippen molar-refractivity contribution in [2.75, 3.05) is 13.7 Å². The fourth-order valence-corrected chi connectivity index (χ4v) is 6.65. The number of fused-ring (bicyclic) bond motifs is 5. The third-order valence-electron chi connectivity index (χ3n) is 9.22. The number of nitrogens with one attached hydrogen (secondary N) is 1. The Morgan fingerprint density at radius 2 is 1.91 bits per heavy atom. The molecule has 0 spiro atoms. The summed E-state index contributed by atoms with van der Waals surface area (Å²) in [6, 6.07) is 4.61. The van der Waals surface area contributed by atoms with Crippen molar-refractivity contribution in [1.29, 1.82) is 0 Å². The molecule has 1 saturated carbocycles. The van der Waals surface area contributed by atoms with E-state index in [-0.39, 0.29) is 42.2 Å². The normalized spacial score (nSPS) is 29.3. The average Bonchev–Trinajstić information content (AvgIpc) is 3.58. The number of hydrogen-bond acceptors (Lipinski definition) is 7. The highest BCUT2D eigenvalue weighted by Crippen LogP contribution is 2.44. The largest absolute Gasteiger partial charge is 0.497 e. The van der Waals surface area contributed by atoms with E-state index in [1.165, 1.54) is 25.0 Å². The molecule has 1 saturated heterocycles. The van der Waals surface area contributed by atoms with Gasteiger partial charge in [0.05, 0.1) is 30.8 Å². The maximum atomic E-state index is 16.0. The maximum Gasteiger partial charge on any atom is 0.408 e. The summed E-state index contributed by atoms with van der Waals surface area (Å²) in [4.78, 5) is 46.1. The van der Waals surface area contributed by atoms with Crippen LogP contribution in [0.3, 0.4) is 0 Å². The zero-order valence-corrected chi connectivity index (χ0v) is 26.3. The quantitative estimate of drug-likeness (QED) is 0.451. The molecule has 2 aromatic rings. The number of aromatic nitrogens is 1. The number of benzene rings is 1. The Morgan fingerprint density at radius 1 is 1.16 bits per heavy atom. The third kappa shape index (κ3) is 6.47. The van der Waals surface area contributed by atoms with Gasteiger partial charge in [-0.2, -0.15) is 0 Å². The number of methoxy groups -OCH3 is 1. The van der Waals surface area contributed by atoms with Gasteiger partial charge in [0.25, 0.3) is 5.92 Å². The van der Waals surface area contributed by atoms with Crippen molar-refractivity contribution in [3.63, 3.8) is 0 Å². The first kappa shape index (κ1) is 31.9. The van der Waals surface area contributed by atoms with Gasteiger partial charge in [-0.05, 0) is 62.1 Å². The molecule has 1 aliphatic carbocycles. The van der Waals surface area contributed by atoms with E-state index in [2.05, 4.69) is 10.3 Å². The molecule has 1 aromatic heterocycles. The Balaban J connectivity index is 1.59. The van der Waals surface area contributed by atoms with Crippen LogP contribution in [0, 0.1) is 17.3 Å². The smallest absolute Gasteiger partial charge is 0.408 e. The Labute approximate surface area is 257 Å². The van der Waals surface area contributed by atoms with Crippen LogP contribution in [0.5, 0.6) is 11.6 Å². The van der Waals surface area contributed by atoms with Crippen molar-refractivity contribution in [1.82, 2.24) is 15.2 Å². The van der Waals surface area contributed by atoms with E-state index >= 15 is 8.78 Å². The van der Waals surface area contributed by atoms with Gasteiger partial charge in [-0.15, -0.1) is 0 Å². The zero-order valence-electron chi connectivity index (χ0n) is 26.3. The predicted octanol–water partition coefficient (Wildman–Crippen LogP) is 6.01. The summed E-state index contributed by atoms with van der Waals surface area (Å²) < 4.78 is 49.3. The van der Waals surface area contributed by atoms with Crippen molar-refractivity contribution >= 4 is 28.7 Å². The monoisotopic (exact) mass is 615 g/mol. The van der Waals surface area contributed by atoms with Crippen LogP contribution in [0.15, 0.2) is 24.3 Å². The average molecular weight is 616 g/mol. The number of ether oxygens (including phenoxy) is 3. The van der Waals surface area contributed by atoms with Gasteiger partial charge in [0.2, 0.25) is 11.8 Å². The van der Waals surface area contributed by atoms with Gasteiger partial charge < -0.3 is 24.4 Å². The lowest BCUT2D eigenvalue weighted by atomic mass is 9.85. The lowest BCUT2D eigenvalue weighted by Crippen LogP contribution is -2.57. The second-order valence-corrected chi connectivity index (χ2v) is 13.5. The van der Waals surface area contributed by atoms with E-state index < -0.39 is 53.9 Å². The molecule has 6 atom stereocenters. The molecule has 2 fully saturated rings. The molecule has 11 heteroatoms. The number of pyridine rings is 1. The lowest BCUT2D eigenvalue weighted by Gasteiger charge is -2.35. The van der Waals surface area contributed by atoms with Crippen LogP contribution < -0.4 is 14.8 Å². The van der Waals surface area contributed by atoms with E-state index in [1.54, 1.807) is 18.2 Å². The SMILES string of the molecule is CC[C@@H]1[C@@H]2CN(C(=O)[C@H](C(C)(C)C)NC(=O)O[C@@H]3C[C@H]3CCCCC(F)(F)c3cc4ccc(OC)cc4nc3O2)[C@@H]1C(C)=O. The van der Waals surface area contributed by atoms with Crippen LogP contribution in [-0.4, -0.2) is 65.6 Å². The number of carbonyl (C=O) groups is 3. The highest BCUT2D eigenvalue weighted by atomic mass is 19.3. The molecule has 44 heavy (non-hydrogen) atoms. The summed E-state index contributed by atoms with van der Waals surface area (Å²) in [6.45, 7) is 8.73. The van der Waals surface area contributed by atoms with Gasteiger partial charge >= 0.3 is 6.09 Å². The van der Waals surface area contributed by atoms with Gasteiger partial charge in [0.15, 0.2) is 5.78 Å². The van der Waals surface area contributed by atoms with Crippen LogP contribution in [0.4, 0.5) is 13.6 Å². The number of Topliss-reactive ketones (excluding diaryl/α,β-unsaturated/α-hetero) is 1. The topological polar surface area (TPSA) is 107 Å². The minimum atomic E-state index is -3.24. The van der Waals surface area contributed by atoms with Gasteiger partial charge in [0.1, 0.15) is 24.0 Å². The molecule has 240 valence electrons. The Hall–Kier alpha value is -3.50. The van der Waals surface area contributed by atoms with Crippen LogP contribution in [-0.2, 0) is 20.2 Å². The molecule has 5 rings (SSSR count). The summed E-state index contributed by atoms with van der Waals surface area (Å²) in [6.07, 6.45) is 0.386. The maximum absolute atomic E-state index is 16.0. The molecule has 1 N–H and O–H groups in total. The number of alkyl carbamates (subject to hydrolysis) is 1. The number of amides is 2. The molecule has 9 nitrogen and oxygen atoms in total. The fourth-order valence-electron chi connectivity index (χ4n) is 6.65. The first-order valence-corrected chi connectivity index (χ1v) is 15.5. The van der Waals surface area contributed by atoms with Gasteiger partial charge in [-0.25, -0.2) is 18.6 Å². The molecular formula is C33H43F2N3O6. The molecule has 3 aliphatic rings. The van der Waals surface area contributed by atoms with E-state index in [0.29, 0.717) is 42.3 Å². The zero-order chi connectivity index (χ0) is 32.0. The van der Waals surface area contributed by atoms with Crippen molar-refractivity contribution in [3.8, 4) is 11.6 Å². The van der Waals surface area contributed by atoms with E-state index in [0.717, 1.165) is 0 Å². The minimum Gasteiger partial charge on any atom is -0.497 e. The number of carbonyl (C=O) groups excluding carboxylic acids is 3. The first-order chi connectivity index (χ1) is 20.7. The molecule has 1 aromatic carbocycles. The molecule has 0 unspecified atom stereocenters. The van der Waals surface area contributed by atoms with Crippen LogP contribution in [0.25, 0.3) is 10.9 Å². The van der Waals surface area contributed by atoms with Crippen molar-refractivity contribution < 1.29 is 37.4 Å². The number of alkyl halides is 2. The number of halogens is 2. The van der Waals surface area contributed by atoms with Crippen molar-refractivity contribution in [2.24, 2.45) is 17.3 Å². The fraction of sp³-hybridized carbons (Fsp3) is 0.636. The van der Waals surface area contributed by atoms with Crippen LogP contribution in [0.2, 0.25) is 0 Å². The van der Waals surface area contributed by atoms with Gasteiger partial charge in [0, 0.05) is 23.8 Å². The number of hydrogen-bond donors (Lipinski definition) is 1. The molecule has 2 aliphatic heterocycles. The number of ketones is 1. The number of rotatable bonds is 3. The van der Waals surface area contributed by atoms with Gasteiger partial charge in [-0.3, -0.25) is 9.59 Å². The molecule has 2 bridgehead atoms. The summed E-state index contributed by atoms with van der Waals surface area (Å²) in [5.74, 6) is -4.02. The summed E-state index contributed by atoms with van der Waals surface area (Å²) >= 11 is 0. The predicted molar refractivity (Wildman–Crippen MR) is 160 cm³/mol. The Kier molecular flexibility index (Phi) is 8.79.